The van der Waals surface area contributed by atoms with E-state index in [1.54, 1.807) is 6.92 Å². The Balaban J connectivity index is 2.57. The van der Waals surface area contributed by atoms with Crippen molar-refractivity contribution in [2.45, 2.75) is 58.2 Å². The SMILES string of the molecule is CC[C@]1(COC(C)=O)O[C@@H](n2ccc(=O)[nH]c2=O)[C@@H](OC(C)=O)[C@@H]1OC(C)=O. The zero-order chi connectivity index (χ0) is 21.1. The van der Waals surface area contributed by atoms with Crippen molar-refractivity contribution >= 4 is 17.9 Å². The summed E-state index contributed by atoms with van der Waals surface area (Å²) in [5, 5.41) is 0. The molecular weight excluding hydrogens is 376 g/mol. The average Bonchev–Trinajstić information content (AvgIpc) is 2.86. The van der Waals surface area contributed by atoms with Gasteiger partial charge in [0.2, 0.25) is 0 Å². The molecule has 1 aliphatic rings. The van der Waals surface area contributed by atoms with Gasteiger partial charge >= 0.3 is 23.6 Å². The van der Waals surface area contributed by atoms with Crippen LogP contribution in [-0.2, 0) is 33.3 Å². The van der Waals surface area contributed by atoms with E-state index in [0.29, 0.717) is 0 Å². The Bertz CT molecular complexity index is 874. The standard InChI is InChI=1S/C17H22N2O9/c1-5-17(8-25-9(2)20)14(27-11(4)22)13(26-10(3)21)15(28-17)19-7-6-12(23)18-16(19)24/h6-7,13-15H,5,8H2,1-4H3,(H,18,23,24)/t13-,14-,15+,17+/m0/s1. The molecule has 1 aliphatic heterocycles. The van der Waals surface area contributed by atoms with Gasteiger partial charge in [0.1, 0.15) is 12.2 Å². The summed E-state index contributed by atoms with van der Waals surface area (Å²) < 4.78 is 22.7. The number of nitrogens with zero attached hydrogens (tertiary/aromatic N) is 1. The third-order valence-corrected chi connectivity index (χ3v) is 4.29. The molecule has 28 heavy (non-hydrogen) atoms. The molecule has 0 spiro atoms. The summed E-state index contributed by atoms with van der Waals surface area (Å²) in [7, 11) is 0. The van der Waals surface area contributed by atoms with E-state index in [4.69, 9.17) is 18.9 Å². The molecule has 0 bridgehead atoms. The number of esters is 3. The molecule has 2 heterocycles. The van der Waals surface area contributed by atoms with Crippen molar-refractivity contribution in [3.8, 4) is 0 Å². The van der Waals surface area contributed by atoms with Gasteiger partial charge in [-0.15, -0.1) is 0 Å². The van der Waals surface area contributed by atoms with E-state index in [0.717, 1.165) is 24.5 Å². The monoisotopic (exact) mass is 398 g/mol. The minimum Gasteiger partial charge on any atom is -0.463 e. The summed E-state index contributed by atoms with van der Waals surface area (Å²) >= 11 is 0. The second kappa shape index (κ2) is 8.38. The van der Waals surface area contributed by atoms with Crippen molar-refractivity contribution in [3.63, 3.8) is 0 Å². The number of carbonyl (C=O) groups excluding carboxylic acids is 3. The first-order valence-corrected chi connectivity index (χ1v) is 8.56. The molecule has 154 valence electrons. The van der Waals surface area contributed by atoms with Gasteiger partial charge in [0.05, 0.1) is 0 Å². The van der Waals surface area contributed by atoms with Crippen LogP contribution in [-0.4, -0.2) is 51.9 Å². The number of H-pyrrole nitrogens is 1. The third-order valence-electron chi connectivity index (χ3n) is 4.29. The molecule has 0 amide bonds. The van der Waals surface area contributed by atoms with Crippen molar-refractivity contribution in [1.82, 2.24) is 9.55 Å². The van der Waals surface area contributed by atoms with Gasteiger partial charge in [0.15, 0.2) is 18.4 Å². The molecule has 0 aliphatic carbocycles. The quantitative estimate of drug-likeness (QED) is 0.502. The van der Waals surface area contributed by atoms with Crippen LogP contribution in [0.15, 0.2) is 21.9 Å². The van der Waals surface area contributed by atoms with Gasteiger partial charge in [0.25, 0.3) is 5.56 Å². The molecule has 1 fully saturated rings. The molecule has 1 N–H and O–H groups in total. The van der Waals surface area contributed by atoms with E-state index in [1.165, 1.54) is 13.1 Å². The number of hydrogen-bond acceptors (Lipinski definition) is 9. The minimum absolute atomic E-state index is 0.199. The predicted octanol–water partition coefficient (Wildman–Crippen LogP) is -0.359. The van der Waals surface area contributed by atoms with E-state index >= 15 is 0 Å². The largest absolute Gasteiger partial charge is 0.463 e. The Morgan fingerprint density at radius 3 is 2.29 bits per heavy atom. The van der Waals surface area contributed by atoms with E-state index in [9.17, 15) is 24.0 Å². The molecule has 11 heteroatoms. The summed E-state index contributed by atoms with van der Waals surface area (Å²) in [5.74, 6) is -1.97. The van der Waals surface area contributed by atoms with Crippen molar-refractivity contribution in [3.05, 3.63) is 33.1 Å². The number of rotatable bonds is 6. The summed E-state index contributed by atoms with van der Waals surface area (Å²) in [6.07, 6.45) is -2.24. The molecule has 1 aromatic heterocycles. The fourth-order valence-electron chi connectivity index (χ4n) is 3.06. The summed E-state index contributed by atoms with van der Waals surface area (Å²) in [6, 6.07) is 1.09. The minimum atomic E-state index is -1.38. The summed E-state index contributed by atoms with van der Waals surface area (Å²) in [4.78, 5) is 60.4. The molecule has 11 nitrogen and oxygen atoms in total. The zero-order valence-electron chi connectivity index (χ0n) is 15.9. The summed E-state index contributed by atoms with van der Waals surface area (Å²) in [5.41, 5.74) is -2.81. The first-order chi connectivity index (χ1) is 13.1. The fraction of sp³-hybridized carbons (Fsp3) is 0.588. The Kier molecular flexibility index (Phi) is 6.39. The summed E-state index contributed by atoms with van der Waals surface area (Å²) in [6.45, 7) is 4.91. The maximum absolute atomic E-state index is 12.2. The van der Waals surface area contributed by atoms with Crippen LogP contribution in [0.2, 0.25) is 0 Å². The first kappa shape index (κ1) is 21.4. The van der Waals surface area contributed by atoms with Crippen molar-refractivity contribution in [1.29, 1.82) is 0 Å². The maximum Gasteiger partial charge on any atom is 0.330 e. The molecule has 0 saturated carbocycles. The van der Waals surface area contributed by atoms with Gasteiger partial charge in [0, 0.05) is 33.0 Å². The molecule has 1 aromatic rings. The van der Waals surface area contributed by atoms with E-state index in [2.05, 4.69) is 4.98 Å². The van der Waals surface area contributed by atoms with Gasteiger partial charge in [-0.3, -0.25) is 28.7 Å². The lowest BCUT2D eigenvalue weighted by molar-refractivity contribution is -0.178. The third kappa shape index (κ3) is 4.47. The second-order valence-corrected chi connectivity index (χ2v) is 6.33. The number of carbonyl (C=O) groups is 3. The highest BCUT2D eigenvalue weighted by Crippen LogP contribution is 2.42. The lowest BCUT2D eigenvalue weighted by Crippen LogP contribution is -2.50. The molecule has 0 radical (unpaired) electrons. The number of aromatic nitrogens is 2. The maximum atomic E-state index is 12.2. The number of nitrogens with one attached hydrogen (secondary N) is 1. The Hall–Kier alpha value is -2.95. The predicted molar refractivity (Wildman–Crippen MR) is 92.2 cm³/mol. The van der Waals surface area contributed by atoms with Gasteiger partial charge in [-0.1, -0.05) is 6.92 Å². The molecule has 1 saturated heterocycles. The average molecular weight is 398 g/mol. The van der Waals surface area contributed by atoms with Gasteiger partial charge in [-0.25, -0.2) is 4.79 Å². The van der Waals surface area contributed by atoms with Crippen LogP contribution in [0.1, 0.15) is 40.3 Å². The number of hydrogen-bond donors (Lipinski definition) is 1. The lowest BCUT2D eigenvalue weighted by Gasteiger charge is -2.32. The van der Waals surface area contributed by atoms with Crippen LogP contribution in [0.25, 0.3) is 0 Å². The smallest absolute Gasteiger partial charge is 0.330 e. The van der Waals surface area contributed by atoms with E-state index < -0.39 is 53.2 Å². The Morgan fingerprint density at radius 1 is 1.14 bits per heavy atom. The van der Waals surface area contributed by atoms with Crippen molar-refractivity contribution in [2.75, 3.05) is 6.61 Å². The van der Waals surface area contributed by atoms with Gasteiger partial charge in [-0.05, 0) is 6.42 Å². The van der Waals surface area contributed by atoms with Crippen LogP contribution in [0.3, 0.4) is 0 Å². The Morgan fingerprint density at radius 2 is 1.79 bits per heavy atom. The van der Waals surface area contributed by atoms with E-state index in [-0.39, 0.29) is 13.0 Å². The highest BCUT2D eigenvalue weighted by Gasteiger charge is 2.59. The second-order valence-electron chi connectivity index (χ2n) is 6.33. The topological polar surface area (TPSA) is 143 Å². The fourth-order valence-corrected chi connectivity index (χ4v) is 3.06. The van der Waals surface area contributed by atoms with Crippen LogP contribution in [0, 0.1) is 0 Å². The van der Waals surface area contributed by atoms with Gasteiger partial charge < -0.3 is 18.9 Å². The normalized spacial score (nSPS) is 26.5. The molecule has 0 unspecified atom stereocenters. The van der Waals surface area contributed by atoms with Crippen LogP contribution < -0.4 is 11.2 Å². The lowest BCUT2D eigenvalue weighted by atomic mass is 9.92. The van der Waals surface area contributed by atoms with Crippen molar-refractivity contribution < 1.29 is 33.3 Å². The van der Waals surface area contributed by atoms with E-state index in [1.807, 2.05) is 0 Å². The molecule has 4 atom stereocenters. The zero-order valence-corrected chi connectivity index (χ0v) is 15.9. The van der Waals surface area contributed by atoms with Crippen molar-refractivity contribution in [2.24, 2.45) is 0 Å². The molecule has 2 rings (SSSR count). The Labute approximate surface area is 159 Å². The highest BCUT2D eigenvalue weighted by molar-refractivity contribution is 5.68. The van der Waals surface area contributed by atoms with Gasteiger partial charge in [-0.2, -0.15) is 0 Å². The number of ether oxygens (including phenoxy) is 4. The highest BCUT2D eigenvalue weighted by atomic mass is 16.7. The van der Waals surface area contributed by atoms with Crippen LogP contribution in [0.4, 0.5) is 0 Å². The first-order valence-electron chi connectivity index (χ1n) is 8.56. The molecular formula is C17H22N2O9. The molecule has 0 aromatic carbocycles. The van der Waals surface area contributed by atoms with Crippen LogP contribution in [0.5, 0.6) is 0 Å². The number of aromatic amines is 1. The van der Waals surface area contributed by atoms with Crippen LogP contribution >= 0.6 is 0 Å².